The number of nitrogens with one attached hydrogen (secondary N) is 2. The largest absolute Gasteiger partial charge is 0.344 e. The highest BCUT2D eigenvalue weighted by Gasteiger charge is 2.19. The standard InChI is InChI=1S/C21H21ClN2O2S2/c1-13(2)11-17(18-5-3-9-27-18)24-20(25)14-7-8-15(22)16(12-14)23-21(26)19-6-4-10-28-19/h3-10,12-13,17H,11H2,1-2H3,(H,23,26)(H,24,25). The Kier molecular flexibility index (Phi) is 6.88. The van der Waals surface area contributed by atoms with Crippen LogP contribution in [0.3, 0.4) is 0 Å². The first kappa shape index (κ1) is 20.6. The van der Waals surface area contributed by atoms with Crippen molar-refractivity contribution in [2.75, 3.05) is 5.32 Å². The van der Waals surface area contributed by atoms with E-state index in [1.165, 1.54) is 11.3 Å². The van der Waals surface area contributed by atoms with Gasteiger partial charge in [0.15, 0.2) is 0 Å². The zero-order chi connectivity index (χ0) is 20.1. The molecule has 0 aliphatic heterocycles. The van der Waals surface area contributed by atoms with Crippen LogP contribution in [0.5, 0.6) is 0 Å². The molecule has 0 radical (unpaired) electrons. The van der Waals surface area contributed by atoms with E-state index >= 15 is 0 Å². The van der Waals surface area contributed by atoms with Crippen LogP contribution in [0.25, 0.3) is 0 Å². The van der Waals surface area contributed by atoms with Crippen molar-refractivity contribution >= 4 is 51.8 Å². The Morgan fingerprint density at radius 1 is 1.04 bits per heavy atom. The van der Waals surface area contributed by atoms with Crippen LogP contribution in [0, 0.1) is 5.92 Å². The van der Waals surface area contributed by atoms with Gasteiger partial charge in [-0.25, -0.2) is 0 Å². The molecule has 7 heteroatoms. The van der Waals surface area contributed by atoms with Crippen molar-refractivity contribution in [3.05, 3.63) is 73.6 Å². The van der Waals surface area contributed by atoms with Gasteiger partial charge in [-0.15, -0.1) is 22.7 Å². The number of anilines is 1. The normalized spacial score (nSPS) is 12.0. The molecular formula is C21H21ClN2O2S2. The van der Waals surface area contributed by atoms with Crippen molar-refractivity contribution in [3.8, 4) is 0 Å². The predicted octanol–water partition coefficient (Wildman–Crippen LogP) is 6.23. The third-order valence-corrected chi connectivity index (χ3v) is 6.30. The van der Waals surface area contributed by atoms with Gasteiger partial charge >= 0.3 is 0 Å². The van der Waals surface area contributed by atoms with E-state index in [1.54, 1.807) is 35.6 Å². The lowest BCUT2D eigenvalue weighted by molar-refractivity contribution is 0.0931. The second-order valence-corrected chi connectivity index (χ2v) is 9.13. The van der Waals surface area contributed by atoms with Gasteiger partial charge in [-0.3, -0.25) is 9.59 Å². The Labute approximate surface area is 177 Å². The molecule has 0 aliphatic carbocycles. The first-order valence-electron chi connectivity index (χ1n) is 8.92. The third-order valence-electron chi connectivity index (χ3n) is 4.12. The molecule has 0 saturated carbocycles. The van der Waals surface area contributed by atoms with Crippen LogP contribution in [0.2, 0.25) is 5.02 Å². The Hall–Kier alpha value is -2.15. The SMILES string of the molecule is CC(C)CC(NC(=O)c1ccc(Cl)c(NC(=O)c2cccs2)c1)c1cccs1. The van der Waals surface area contributed by atoms with Gasteiger partial charge in [0.25, 0.3) is 11.8 Å². The molecule has 3 rings (SSSR count). The summed E-state index contributed by atoms with van der Waals surface area (Å²) in [7, 11) is 0. The lowest BCUT2D eigenvalue weighted by atomic mass is 10.0. The summed E-state index contributed by atoms with van der Waals surface area (Å²) in [5.41, 5.74) is 0.875. The number of hydrogen-bond donors (Lipinski definition) is 2. The molecule has 2 N–H and O–H groups in total. The minimum Gasteiger partial charge on any atom is -0.344 e. The van der Waals surface area contributed by atoms with E-state index in [2.05, 4.69) is 24.5 Å². The minimum atomic E-state index is -0.245. The fraction of sp³-hybridized carbons (Fsp3) is 0.238. The van der Waals surface area contributed by atoms with Crippen LogP contribution >= 0.6 is 34.3 Å². The van der Waals surface area contributed by atoms with Gasteiger partial charge in [0.1, 0.15) is 0 Å². The topological polar surface area (TPSA) is 58.2 Å². The second-order valence-electron chi connectivity index (χ2n) is 6.80. The number of amides is 2. The van der Waals surface area contributed by atoms with Gasteiger partial charge in [0.2, 0.25) is 0 Å². The summed E-state index contributed by atoms with van der Waals surface area (Å²) in [6.45, 7) is 4.26. The number of carbonyl (C=O) groups excluding carboxylic acids is 2. The molecule has 1 unspecified atom stereocenters. The van der Waals surface area contributed by atoms with Gasteiger partial charge in [-0.05, 0) is 53.4 Å². The molecule has 2 heterocycles. The van der Waals surface area contributed by atoms with Crippen molar-refractivity contribution in [1.82, 2.24) is 5.32 Å². The number of carbonyl (C=O) groups is 2. The molecule has 0 spiro atoms. The van der Waals surface area contributed by atoms with E-state index in [4.69, 9.17) is 11.6 Å². The highest BCUT2D eigenvalue weighted by Crippen LogP contribution is 2.27. The average molecular weight is 433 g/mol. The Morgan fingerprint density at radius 3 is 2.43 bits per heavy atom. The number of thiophene rings is 2. The number of benzene rings is 1. The summed E-state index contributed by atoms with van der Waals surface area (Å²) < 4.78 is 0. The quantitative estimate of drug-likeness (QED) is 0.464. The predicted molar refractivity (Wildman–Crippen MR) is 118 cm³/mol. The highest BCUT2D eigenvalue weighted by molar-refractivity contribution is 7.12. The van der Waals surface area contributed by atoms with E-state index in [0.717, 1.165) is 11.3 Å². The molecule has 28 heavy (non-hydrogen) atoms. The van der Waals surface area contributed by atoms with Crippen molar-refractivity contribution in [2.45, 2.75) is 26.3 Å². The highest BCUT2D eigenvalue weighted by atomic mass is 35.5. The van der Waals surface area contributed by atoms with Crippen molar-refractivity contribution in [1.29, 1.82) is 0 Å². The van der Waals surface area contributed by atoms with Gasteiger partial charge in [-0.2, -0.15) is 0 Å². The third kappa shape index (κ3) is 5.22. The van der Waals surface area contributed by atoms with Crippen LogP contribution < -0.4 is 10.6 Å². The Morgan fingerprint density at radius 2 is 1.79 bits per heavy atom. The van der Waals surface area contributed by atoms with E-state index < -0.39 is 0 Å². The van der Waals surface area contributed by atoms with E-state index in [1.807, 2.05) is 29.0 Å². The second kappa shape index (κ2) is 9.37. The molecule has 2 amide bonds. The monoisotopic (exact) mass is 432 g/mol. The zero-order valence-electron chi connectivity index (χ0n) is 15.6. The van der Waals surface area contributed by atoms with Crippen LogP contribution in [0.15, 0.2) is 53.2 Å². The molecule has 0 fully saturated rings. The molecular weight excluding hydrogens is 412 g/mol. The van der Waals surface area contributed by atoms with Crippen LogP contribution in [0.1, 0.15) is 51.2 Å². The maximum atomic E-state index is 12.8. The van der Waals surface area contributed by atoms with E-state index in [0.29, 0.717) is 27.1 Å². The zero-order valence-corrected chi connectivity index (χ0v) is 18.0. The molecule has 1 atom stereocenters. The first-order valence-corrected chi connectivity index (χ1v) is 11.1. The van der Waals surface area contributed by atoms with E-state index in [9.17, 15) is 9.59 Å². The van der Waals surface area contributed by atoms with E-state index in [-0.39, 0.29) is 17.9 Å². The van der Waals surface area contributed by atoms with Gasteiger partial charge in [0.05, 0.1) is 21.6 Å². The summed E-state index contributed by atoms with van der Waals surface area (Å²) in [4.78, 5) is 26.9. The summed E-state index contributed by atoms with van der Waals surface area (Å²) >= 11 is 9.20. The van der Waals surface area contributed by atoms with Crippen molar-refractivity contribution < 1.29 is 9.59 Å². The summed E-state index contributed by atoms with van der Waals surface area (Å²) in [5.74, 6) is 0.00586. The molecule has 146 valence electrons. The fourth-order valence-electron chi connectivity index (χ4n) is 2.80. The van der Waals surface area contributed by atoms with Crippen molar-refractivity contribution in [2.24, 2.45) is 5.92 Å². The first-order chi connectivity index (χ1) is 13.4. The summed E-state index contributed by atoms with van der Waals surface area (Å²) in [6, 6.07) is 12.4. The molecule has 0 aliphatic rings. The molecule has 3 aromatic rings. The molecule has 1 aromatic carbocycles. The maximum absolute atomic E-state index is 12.8. The lowest BCUT2D eigenvalue weighted by Crippen LogP contribution is -2.29. The average Bonchev–Trinajstić information content (AvgIpc) is 3.36. The fourth-order valence-corrected chi connectivity index (χ4v) is 4.38. The number of hydrogen-bond acceptors (Lipinski definition) is 4. The Bertz CT molecular complexity index is 937. The van der Waals surface area contributed by atoms with Gasteiger partial charge < -0.3 is 10.6 Å². The Balaban J connectivity index is 1.77. The summed E-state index contributed by atoms with van der Waals surface area (Å²) in [5, 5.41) is 10.1. The molecule has 2 aromatic heterocycles. The van der Waals surface area contributed by atoms with Crippen LogP contribution in [0.4, 0.5) is 5.69 Å². The van der Waals surface area contributed by atoms with Crippen molar-refractivity contribution in [3.63, 3.8) is 0 Å². The van der Waals surface area contributed by atoms with Gasteiger partial charge in [-0.1, -0.05) is 37.6 Å². The van der Waals surface area contributed by atoms with Crippen LogP contribution in [-0.2, 0) is 0 Å². The number of rotatable bonds is 7. The van der Waals surface area contributed by atoms with Crippen LogP contribution in [-0.4, -0.2) is 11.8 Å². The summed E-state index contributed by atoms with van der Waals surface area (Å²) in [6.07, 6.45) is 0.849. The molecule has 0 bridgehead atoms. The maximum Gasteiger partial charge on any atom is 0.265 e. The minimum absolute atomic E-state index is 0.0488. The molecule has 4 nitrogen and oxygen atoms in total. The smallest absolute Gasteiger partial charge is 0.265 e. The lowest BCUT2D eigenvalue weighted by Gasteiger charge is -2.20. The molecule has 0 saturated heterocycles. The van der Waals surface area contributed by atoms with Gasteiger partial charge in [0, 0.05) is 10.4 Å². The number of halogens is 1.